The predicted molar refractivity (Wildman–Crippen MR) is 66.2 cm³/mol. The van der Waals surface area contributed by atoms with Crippen molar-refractivity contribution < 1.29 is 0 Å². The lowest BCUT2D eigenvalue weighted by molar-refractivity contribution is 0.724. The van der Waals surface area contributed by atoms with Crippen LogP contribution in [0.1, 0.15) is 32.4 Å². The first kappa shape index (κ1) is 12.3. The Bertz CT molecular complexity index is 381. The Morgan fingerprint density at radius 3 is 2.75 bits per heavy atom. The van der Waals surface area contributed by atoms with Crippen LogP contribution in [-0.2, 0) is 0 Å². The quantitative estimate of drug-likeness (QED) is 0.822. The number of nitrogen functional groups attached to an aromatic ring is 1. The maximum Gasteiger partial charge on any atom is 0.165 e. The Balaban J connectivity index is 2.89. The molecule has 2 N–H and O–H groups in total. The molecule has 1 heterocycles. The van der Waals surface area contributed by atoms with Crippen molar-refractivity contribution in [3.8, 4) is 6.07 Å². The predicted octanol–water partition coefficient (Wildman–Crippen LogP) is 2.16. The zero-order valence-electron chi connectivity index (χ0n) is 9.90. The van der Waals surface area contributed by atoms with Crippen LogP contribution in [0.4, 0.5) is 11.5 Å². The summed E-state index contributed by atoms with van der Waals surface area (Å²) in [5, 5.41) is 8.86. The molecule has 0 saturated carbocycles. The van der Waals surface area contributed by atoms with Gasteiger partial charge in [0.25, 0.3) is 0 Å². The van der Waals surface area contributed by atoms with Crippen molar-refractivity contribution in [3.05, 3.63) is 17.8 Å². The summed E-state index contributed by atoms with van der Waals surface area (Å²) in [6, 6.07) is 5.62. The lowest BCUT2D eigenvalue weighted by atomic mass is 10.2. The Morgan fingerprint density at radius 2 is 2.19 bits per heavy atom. The summed E-state index contributed by atoms with van der Waals surface area (Å²) in [5.41, 5.74) is 6.39. The van der Waals surface area contributed by atoms with Gasteiger partial charge in [0.2, 0.25) is 0 Å². The standard InChI is InChI=1S/C12H18N4/c1-3-5-8-16(4-2)12-7-6-10(14)11(9-13)15-12/h6-7H,3-5,8,14H2,1-2H3. The molecule has 0 fully saturated rings. The number of aromatic nitrogens is 1. The summed E-state index contributed by atoms with van der Waals surface area (Å²) in [5.74, 6) is 0.835. The molecule has 0 atom stereocenters. The Labute approximate surface area is 96.7 Å². The number of rotatable bonds is 5. The SMILES string of the molecule is CCCCN(CC)c1ccc(N)c(C#N)n1. The normalized spacial score (nSPS) is 9.81. The maximum atomic E-state index is 8.86. The minimum Gasteiger partial charge on any atom is -0.396 e. The van der Waals surface area contributed by atoms with Gasteiger partial charge in [0.15, 0.2) is 5.69 Å². The van der Waals surface area contributed by atoms with Crippen molar-refractivity contribution in [3.63, 3.8) is 0 Å². The summed E-state index contributed by atoms with van der Waals surface area (Å²) in [7, 11) is 0. The van der Waals surface area contributed by atoms with Gasteiger partial charge in [0.05, 0.1) is 5.69 Å². The van der Waals surface area contributed by atoms with E-state index in [4.69, 9.17) is 11.0 Å². The van der Waals surface area contributed by atoms with Crippen molar-refractivity contribution in [2.24, 2.45) is 0 Å². The van der Waals surface area contributed by atoms with E-state index in [0.29, 0.717) is 11.4 Å². The minimum absolute atomic E-state index is 0.312. The van der Waals surface area contributed by atoms with E-state index in [9.17, 15) is 0 Å². The Kier molecular flexibility index (Phi) is 4.59. The van der Waals surface area contributed by atoms with Crippen molar-refractivity contribution in [2.75, 3.05) is 23.7 Å². The summed E-state index contributed by atoms with van der Waals surface area (Å²) in [6.07, 6.45) is 2.28. The second kappa shape index (κ2) is 5.96. The minimum atomic E-state index is 0.312. The first-order valence-corrected chi connectivity index (χ1v) is 5.64. The molecule has 4 heteroatoms. The van der Waals surface area contributed by atoms with Crippen LogP contribution in [0.2, 0.25) is 0 Å². The van der Waals surface area contributed by atoms with Gasteiger partial charge in [-0.05, 0) is 25.5 Å². The molecule has 0 aliphatic heterocycles. The van der Waals surface area contributed by atoms with Crippen molar-refractivity contribution in [2.45, 2.75) is 26.7 Å². The lowest BCUT2D eigenvalue weighted by Crippen LogP contribution is -2.25. The fraction of sp³-hybridized carbons (Fsp3) is 0.500. The zero-order chi connectivity index (χ0) is 12.0. The number of nitrogens with two attached hydrogens (primary N) is 1. The van der Waals surface area contributed by atoms with Crippen molar-refractivity contribution in [1.82, 2.24) is 4.98 Å². The zero-order valence-corrected chi connectivity index (χ0v) is 9.90. The van der Waals surface area contributed by atoms with Gasteiger partial charge in [0, 0.05) is 13.1 Å². The number of pyridine rings is 1. The molecule has 0 aromatic carbocycles. The molecular weight excluding hydrogens is 200 g/mol. The Morgan fingerprint density at radius 1 is 1.44 bits per heavy atom. The maximum absolute atomic E-state index is 8.86. The van der Waals surface area contributed by atoms with Gasteiger partial charge < -0.3 is 10.6 Å². The number of anilines is 2. The first-order chi connectivity index (χ1) is 7.72. The van der Waals surface area contributed by atoms with Gasteiger partial charge >= 0.3 is 0 Å². The highest BCUT2D eigenvalue weighted by atomic mass is 15.2. The van der Waals surface area contributed by atoms with E-state index in [1.165, 1.54) is 0 Å². The first-order valence-electron chi connectivity index (χ1n) is 5.64. The summed E-state index contributed by atoms with van der Waals surface area (Å²) in [6.45, 7) is 6.10. The molecule has 0 unspecified atom stereocenters. The molecule has 16 heavy (non-hydrogen) atoms. The van der Waals surface area contributed by atoms with Crippen LogP contribution in [-0.4, -0.2) is 18.1 Å². The molecule has 86 valence electrons. The summed E-state index contributed by atoms with van der Waals surface area (Å²) >= 11 is 0. The number of unbranched alkanes of at least 4 members (excludes halogenated alkanes) is 1. The Hall–Kier alpha value is -1.76. The molecule has 0 aliphatic carbocycles. The third-order valence-electron chi connectivity index (χ3n) is 2.50. The van der Waals surface area contributed by atoms with E-state index < -0.39 is 0 Å². The van der Waals surface area contributed by atoms with Crippen LogP contribution in [0.15, 0.2) is 12.1 Å². The second-order valence-corrected chi connectivity index (χ2v) is 3.65. The van der Waals surface area contributed by atoms with E-state index in [2.05, 4.69) is 23.7 Å². The summed E-state index contributed by atoms with van der Waals surface area (Å²) in [4.78, 5) is 6.41. The van der Waals surface area contributed by atoms with Crippen LogP contribution < -0.4 is 10.6 Å². The van der Waals surface area contributed by atoms with Crippen molar-refractivity contribution in [1.29, 1.82) is 5.26 Å². The number of nitriles is 1. The molecule has 0 bridgehead atoms. The summed E-state index contributed by atoms with van der Waals surface area (Å²) < 4.78 is 0. The third kappa shape index (κ3) is 2.86. The molecule has 1 aromatic heterocycles. The molecule has 1 aromatic rings. The van der Waals surface area contributed by atoms with E-state index >= 15 is 0 Å². The molecule has 0 radical (unpaired) electrons. The van der Waals surface area contributed by atoms with Gasteiger partial charge in [-0.25, -0.2) is 4.98 Å². The highest BCUT2D eigenvalue weighted by Crippen LogP contribution is 2.16. The molecule has 1 rings (SSSR count). The molecule has 0 aliphatic rings. The van der Waals surface area contributed by atoms with E-state index in [1.54, 1.807) is 6.07 Å². The van der Waals surface area contributed by atoms with Crippen LogP contribution in [0.5, 0.6) is 0 Å². The number of hydrogen-bond acceptors (Lipinski definition) is 4. The molecular formula is C12H18N4. The van der Waals surface area contributed by atoms with Crippen LogP contribution in [0.3, 0.4) is 0 Å². The number of nitrogens with zero attached hydrogens (tertiary/aromatic N) is 3. The highest BCUT2D eigenvalue weighted by Gasteiger charge is 2.07. The smallest absolute Gasteiger partial charge is 0.165 e. The largest absolute Gasteiger partial charge is 0.396 e. The highest BCUT2D eigenvalue weighted by molar-refractivity contribution is 5.55. The number of hydrogen-bond donors (Lipinski definition) is 1. The van der Waals surface area contributed by atoms with E-state index in [-0.39, 0.29) is 0 Å². The van der Waals surface area contributed by atoms with Crippen LogP contribution in [0.25, 0.3) is 0 Å². The van der Waals surface area contributed by atoms with Gasteiger partial charge in [0.1, 0.15) is 11.9 Å². The van der Waals surface area contributed by atoms with Gasteiger partial charge in [-0.2, -0.15) is 5.26 Å². The third-order valence-corrected chi connectivity index (χ3v) is 2.50. The molecule has 4 nitrogen and oxygen atoms in total. The van der Waals surface area contributed by atoms with Crippen molar-refractivity contribution >= 4 is 11.5 Å². The molecule has 0 amide bonds. The average Bonchev–Trinajstić information content (AvgIpc) is 2.32. The van der Waals surface area contributed by atoms with E-state index in [0.717, 1.165) is 31.7 Å². The second-order valence-electron chi connectivity index (χ2n) is 3.65. The van der Waals surface area contributed by atoms with Gasteiger partial charge in [-0.3, -0.25) is 0 Å². The lowest BCUT2D eigenvalue weighted by Gasteiger charge is -2.21. The van der Waals surface area contributed by atoms with Crippen LogP contribution >= 0.6 is 0 Å². The van der Waals surface area contributed by atoms with Gasteiger partial charge in [-0.1, -0.05) is 13.3 Å². The molecule has 0 spiro atoms. The average molecular weight is 218 g/mol. The monoisotopic (exact) mass is 218 g/mol. The fourth-order valence-electron chi connectivity index (χ4n) is 1.51. The van der Waals surface area contributed by atoms with Crippen LogP contribution in [0, 0.1) is 11.3 Å². The topological polar surface area (TPSA) is 65.9 Å². The fourth-order valence-corrected chi connectivity index (χ4v) is 1.51. The molecule has 0 saturated heterocycles. The van der Waals surface area contributed by atoms with Gasteiger partial charge in [-0.15, -0.1) is 0 Å². The van der Waals surface area contributed by atoms with E-state index in [1.807, 2.05) is 12.1 Å².